The second-order valence-electron chi connectivity index (χ2n) is 4.61. The zero-order valence-corrected chi connectivity index (χ0v) is 12.3. The highest BCUT2D eigenvalue weighted by atomic mass is 35.5. The van der Waals surface area contributed by atoms with Crippen LogP contribution in [-0.2, 0) is 4.74 Å². The molecule has 1 N–H and O–H groups in total. The molecule has 0 bridgehead atoms. The van der Waals surface area contributed by atoms with E-state index >= 15 is 0 Å². The molecule has 0 spiro atoms. The van der Waals surface area contributed by atoms with Crippen LogP contribution >= 0.6 is 11.6 Å². The summed E-state index contributed by atoms with van der Waals surface area (Å²) in [5.74, 6) is -0.937. The molecule has 0 saturated carbocycles. The zero-order valence-electron chi connectivity index (χ0n) is 11.6. The Kier molecular flexibility index (Phi) is 3.65. The summed E-state index contributed by atoms with van der Waals surface area (Å²) in [6, 6.07) is 9.07. The van der Waals surface area contributed by atoms with Crippen molar-refractivity contribution in [2.24, 2.45) is 0 Å². The molecule has 3 aromatic rings. The minimum absolute atomic E-state index is 0.132. The number of halogens is 1. The molecule has 0 saturated heterocycles. The Hall–Kier alpha value is -2.66. The van der Waals surface area contributed by atoms with E-state index in [0.29, 0.717) is 21.5 Å². The number of aromatic nitrogens is 2. The van der Waals surface area contributed by atoms with Gasteiger partial charge in [-0.3, -0.25) is 4.98 Å². The second-order valence-corrected chi connectivity index (χ2v) is 5.05. The number of hydrogen-bond acceptors (Lipinski definition) is 5. The van der Waals surface area contributed by atoms with Crippen LogP contribution in [0.15, 0.2) is 42.7 Å². The van der Waals surface area contributed by atoms with Crippen LogP contribution in [0.2, 0.25) is 5.02 Å². The highest BCUT2D eigenvalue weighted by Gasteiger charge is 2.16. The summed E-state index contributed by atoms with van der Waals surface area (Å²) in [6.45, 7) is 0. The summed E-state index contributed by atoms with van der Waals surface area (Å²) in [5, 5.41) is 11.8. The van der Waals surface area contributed by atoms with Crippen molar-refractivity contribution in [2.45, 2.75) is 0 Å². The third-order valence-electron chi connectivity index (χ3n) is 3.25. The minimum atomic E-state index is -0.696. The smallest absolute Gasteiger partial charge is 0.360 e. The first-order valence-electron chi connectivity index (χ1n) is 6.42. The number of aromatic hydroxyl groups is 1. The van der Waals surface area contributed by atoms with Crippen molar-refractivity contribution in [1.82, 2.24) is 9.97 Å². The maximum absolute atomic E-state index is 11.5. The molecule has 2 heterocycles. The third-order valence-corrected chi connectivity index (χ3v) is 3.48. The molecule has 110 valence electrons. The molecule has 0 amide bonds. The fourth-order valence-corrected chi connectivity index (χ4v) is 2.34. The Morgan fingerprint density at radius 1 is 1.23 bits per heavy atom. The predicted octanol–water partition coefficient (Wildman–Crippen LogP) is 3.44. The molecule has 0 aliphatic heterocycles. The maximum Gasteiger partial charge on any atom is 0.360 e. The van der Waals surface area contributed by atoms with Crippen molar-refractivity contribution < 1.29 is 14.6 Å². The first-order chi connectivity index (χ1) is 10.6. The fourth-order valence-electron chi connectivity index (χ4n) is 2.15. The number of benzene rings is 1. The van der Waals surface area contributed by atoms with Crippen LogP contribution in [0.1, 0.15) is 10.5 Å². The van der Waals surface area contributed by atoms with E-state index in [9.17, 15) is 9.90 Å². The summed E-state index contributed by atoms with van der Waals surface area (Å²) in [5.41, 5.74) is 1.42. The van der Waals surface area contributed by atoms with Crippen molar-refractivity contribution >= 4 is 28.3 Å². The first-order valence-corrected chi connectivity index (χ1v) is 6.80. The highest BCUT2D eigenvalue weighted by molar-refractivity contribution is 6.30. The maximum atomic E-state index is 11.5. The van der Waals surface area contributed by atoms with E-state index in [1.54, 1.807) is 18.2 Å². The fraction of sp³-hybridized carbons (Fsp3) is 0.0625. The van der Waals surface area contributed by atoms with E-state index in [1.165, 1.54) is 19.5 Å². The number of methoxy groups -OCH3 is 1. The third kappa shape index (κ3) is 2.46. The van der Waals surface area contributed by atoms with Crippen molar-refractivity contribution in [3.05, 3.63) is 53.4 Å². The monoisotopic (exact) mass is 314 g/mol. The average molecular weight is 315 g/mol. The molecule has 3 rings (SSSR count). The summed E-state index contributed by atoms with van der Waals surface area (Å²) < 4.78 is 4.58. The lowest BCUT2D eigenvalue weighted by Gasteiger charge is -2.07. The number of ether oxygens (including phenoxy) is 1. The van der Waals surface area contributed by atoms with Crippen LogP contribution < -0.4 is 0 Å². The molecule has 0 unspecified atom stereocenters. The average Bonchev–Trinajstić information content (AvgIpc) is 2.54. The molecule has 0 radical (unpaired) electrons. The largest absolute Gasteiger partial charge is 0.505 e. The van der Waals surface area contributed by atoms with Crippen LogP contribution in [0, 0.1) is 0 Å². The van der Waals surface area contributed by atoms with E-state index in [1.807, 2.05) is 12.1 Å². The van der Waals surface area contributed by atoms with Gasteiger partial charge in [0.15, 0.2) is 11.4 Å². The van der Waals surface area contributed by atoms with Gasteiger partial charge in [-0.15, -0.1) is 0 Å². The number of esters is 1. The van der Waals surface area contributed by atoms with Gasteiger partial charge in [-0.05, 0) is 18.2 Å². The second kappa shape index (κ2) is 5.61. The molecule has 0 aliphatic carbocycles. The molecule has 5 nitrogen and oxygen atoms in total. The normalized spacial score (nSPS) is 10.6. The lowest BCUT2D eigenvalue weighted by Crippen LogP contribution is -2.04. The number of carbonyl (C=O) groups is 1. The van der Waals surface area contributed by atoms with E-state index in [2.05, 4.69) is 14.7 Å². The van der Waals surface area contributed by atoms with Gasteiger partial charge >= 0.3 is 5.97 Å². The molecule has 6 heteroatoms. The predicted molar refractivity (Wildman–Crippen MR) is 83.0 cm³/mol. The van der Waals surface area contributed by atoms with Gasteiger partial charge < -0.3 is 9.84 Å². The van der Waals surface area contributed by atoms with Gasteiger partial charge in [-0.2, -0.15) is 0 Å². The summed E-state index contributed by atoms with van der Waals surface area (Å²) in [6.07, 6.45) is 2.99. The lowest BCUT2D eigenvalue weighted by atomic mass is 10.1. The molecule has 0 atom stereocenters. The van der Waals surface area contributed by atoms with Gasteiger partial charge in [0, 0.05) is 33.8 Å². The van der Waals surface area contributed by atoms with Crippen LogP contribution in [0.3, 0.4) is 0 Å². The molecule has 22 heavy (non-hydrogen) atoms. The number of fused-ring (bicyclic) bond motifs is 1. The van der Waals surface area contributed by atoms with Crippen molar-refractivity contribution in [3.63, 3.8) is 0 Å². The van der Waals surface area contributed by atoms with Crippen LogP contribution in [0.5, 0.6) is 5.75 Å². The topological polar surface area (TPSA) is 72.3 Å². The summed E-state index contributed by atoms with van der Waals surface area (Å²) in [7, 11) is 1.23. The molecule has 2 aromatic heterocycles. The molecular formula is C16H11ClN2O3. The van der Waals surface area contributed by atoms with Crippen LogP contribution in [-0.4, -0.2) is 28.2 Å². The first kappa shape index (κ1) is 14.3. The van der Waals surface area contributed by atoms with Gasteiger partial charge in [0.05, 0.1) is 12.8 Å². The lowest BCUT2D eigenvalue weighted by molar-refractivity contribution is 0.0591. The Labute approximate surface area is 131 Å². The molecule has 0 aliphatic rings. The summed E-state index contributed by atoms with van der Waals surface area (Å²) in [4.78, 5) is 19.8. The Bertz CT molecular complexity index is 880. The van der Waals surface area contributed by atoms with Gasteiger partial charge in [-0.25, -0.2) is 9.78 Å². The number of carbonyl (C=O) groups excluding carboxylic acids is 1. The summed E-state index contributed by atoms with van der Waals surface area (Å²) >= 11 is 5.98. The van der Waals surface area contributed by atoms with Crippen molar-refractivity contribution in [1.29, 1.82) is 0 Å². The van der Waals surface area contributed by atoms with Crippen molar-refractivity contribution in [2.75, 3.05) is 7.11 Å². The van der Waals surface area contributed by atoms with Gasteiger partial charge in [0.2, 0.25) is 0 Å². The highest BCUT2D eigenvalue weighted by Crippen LogP contribution is 2.30. The van der Waals surface area contributed by atoms with Crippen LogP contribution in [0.25, 0.3) is 22.0 Å². The number of pyridine rings is 2. The molecular weight excluding hydrogens is 304 g/mol. The van der Waals surface area contributed by atoms with Gasteiger partial charge in [0.25, 0.3) is 0 Å². The Balaban J connectivity index is 2.14. The standard InChI is InChI=1S/C16H11ClN2O3/c1-22-16(21)14-15(20)12-8-18-13(6-10(12)7-19-14)9-3-2-4-11(17)5-9/h2-8,20H,1H3. The Morgan fingerprint density at radius 3 is 2.77 bits per heavy atom. The van der Waals surface area contributed by atoms with E-state index < -0.39 is 5.97 Å². The molecule has 0 fully saturated rings. The minimum Gasteiger partial charge on any atom is -0.505 e. The van der Waals surface area contributed by atoms with E-state index in [0.717, 1.165) is 5.56 Å². The van der Waals surface area contributed by atoms with Crippen molar-refractivity contribution in [3.8, 4) is 17.0 Å². The number of nitrogens with zero attached hydrogens (tertiary/aromatic N) is 2. The van der Waals surface area contributed by atoms with E-state index in [-0.39, 0.29) is 11.4 Å². The SMILES string of the molecule is COC(=O)c1ncc2cc(-c3cccc(Cl)c3)ncc2c1O. The van der Waals surface area contributed by atoms with E-state index in [4.69, 9.17) is 11.6 Å². The molecule has 1 aromatic carbocycles. The van der Waals surface area contributed by atoms with Crippen LogP contribution in [0.4, 0.5) is 0 Å². The number of rotatable bonds is 2. The van der Waals surface area contributed by atoms with Gasteiger partial charge in [0.1, 0.15) is 0 Å². The Morgan fingerprint density at radius 2 is 2.05 bits per heavy atom. The number of hydrogen-bond donors (Lipinski definition) is 1. The zero-order chi connectivity index (χ0) is 15.7. The van der Waals surface area contributed by atoms with Gasteiger partial charge in [-0.1, -0.05) is 23.7 Å². The quantitative estimate of drug-likeness (QED) is 0.733.